The van der Waals surface area contributed by atoms with Gasteiger partial charge in [-0.05, 0) is 13.8 Å². The first-order chi connectivity index (χ1) is 6.58. The number of hydrogen-bond donors (Lipinski definition) is 2. The standard InChI is InChI=1S/C8H12N4O2/c1-5(2)14-8(13)12-6-3-10-7(9)11-4-6/h3-5H,1-2H3,(H,12,13)(H2,9,10,11). The summed E-state index contributed by atoms with van der Waals surface area (Å²) in [4.78, 5) is 18.5. The van der Waals surface area contributed by atoms with E-state index in [1.807, 2.05) is 0 Å². The van der Waals surface area contributed by atoms with Crippen molar-refractivity contribution in [1.82, 2.24) is 9.97 Å². The average molecular weight is 196 g/mol. The lowest BCUT2D eigenvalue weighted by Gasteiger charge is -2.08. The maximum atomic E-state index is 11.1. The number of rotatable bonds is 2. The van der Waals surface area contributed by atoms with E-state index in [4.69, 9.17) is 10.5 Å². The molecule has 0 aliphatic carbocycles. The molecule has 1 aromatic rings. The number of amides is 1. The maximum Gasteiger partial charge on any atom is 0.411 e. The lowest BCUT2D eigenvalue weighted by Crippen LogP contribution is -2.18. The zero-order chi connectivity index (χ0) is 10.6. The van der Waals surface area contributed by atoms with Gasteiger partial charge in [-0.15, -0.1) is 0 Å². The molecule has 6 nitrogen and oxygen atoms in total. The Balaban J connectivity index is 2.52. The van der Waals surface area contributed by atoms with Crippen LogP contribution in [0.25, 0.3) is 0 Å². The van der Waals surface area contributed by atoms with E-state index in [0.717, 1.165) is 0 Å². The molecule has 0 atom stereocenters. The fourth-order valence-corrected chi connectivity index (χ4v) is 0.764. The molecule has 0 aliphatic heterocycles. The highest BCUT2D eigenvalue weighted by atomic mass is 16.6. The van der Waals surface area contributed by atoms with Gasteiger partial charge >= 0.3 is 6.09 Å². The first-order valence-corrected chi connectivity index (χ1v) is 4.13. The third-order valence-corrected chi connectivity index (χ3v) is 1.26. The Hall–Kier alpha value is -1.85. The SMILES string of the molecule is CC(C)OC(=O)Nc1cnc(N)nc1. The number of nitrogens with one attached hydrogen (secondary N) is 1. The van der Waals surface area contributed by atoms with E-state index in [1.54, 1.807) is 13.8 Å². The number of hydrogen-bond acceptors (Lipinski definition) is 5. The van der Waals surface area contributed by atoms with Crippen LogP contribution in [0.1, 0.15) is 13.8 Å². The lowest BCUT2D eigenvalue weighted by atomic mass is 10.5. The molecule has 1 aromatic heterocycles. The third kappa shape index (κ3) is 3.26. The number of nitrogens with two attached hydrogens (primary N) is 1. The highest BCUT2D eigenvalue weighted by molar-refractivity contribution is 5.84. The number of carbonyl (C=O) groups is 1. The van der Waals surface area contributed by atoms with Crippen molar-refractivity contribution in [3.05, 3.63) is 12.4 Å². The molecule has 14 heavy (non-hydrogen) atoms. The van der Waals surface area contributed by atoms with Crippen LogP contribution >= 0.6 is 0 Å². The lowest BCUT2D eigenvalue weighted by molar-refractivity contribution is 0.130. The second kappa shape index (κ2) is 4.40. The van der Waals surface area contributed by atoms with Crippen molar-refractivity contribution in [2.45, 2.75) is 20.0 Å². The van der Waals surface area contributed by atoms with E-state index < -0.39 is 6.09 Å². The van der Waals surface area contributed by atoms with E-state index >= 15 is 0 Å². The zero-order valence-electron chi connectivity index (χ0n) is 8.02. The van der Waals surface area contributed by atoms with Gasteiger partial charge in [0.15, 0.2) is 0 Å². The molecule has 3 N–H and O–H groups in total. The van der Waals surface area contributed by atoms with Gasteiger partial charge in [-0.25, -0.2) is 14.8 Å². The first kappa shape index (κ1) is 10.2. The monoisotopic (exact) mass is 196 g/mol. The van der Waals surface area contributed by atoms with Gasteiger partial charge in [0.2, 0.25) is 5.95 Å². The minimum absolute atomic E-state index is 0.160. The molecule has 0 saturated heterocycles. The van der Waals surface area contributed by atoms with Crippen LogP contribution in [0.15, 0.2) is 12.4 Å². The van der Waals surface area contributed by atoms with E-state index in [1.165, 1.54) is 12.4 Å². The Labute approximate surface area is 81.5 Å². The molecule has 0 fully saturated rings. The number of carbonyl (C=O) groups excluding carboxylic acids is 1. The van der Waals surface area contributed by atoms with E-state index in [9.17, 15) is 4.79 Å². The summed E-state index contributed by atoms with van der Waals surface area (Å²) in [6, 6.07) is 0. The van der Waals surface area contributed by atoms with Gasteiger partial charge in [-0.3, -0.25) is 5.32 Å². The summed E-state index contributed by atoms with van der Waals surface area (Å²) in [6.45, 7) is 3.53. The van der Waals surface area contributed by atoms with E-state index in [0.29, 0.717) is 5.69 Å². The molecular weight excluding hydrogens is 184 g/mol. The second-order valence-corrected chi connectivity index (χ2v) is 2.91. The highest BCUT2D eigenvalue weighted by Gasteiger charge is 2.05. The van der Waals surface area contributed by atoms with Crippen molar-refractivity contribution in [2.24, 2.45) is 0 Å². The molecule has 0 saturated carbocycles. The fourth-order valence-electron chi connectivity index (χ4n) is 0.764. The molecule has 0 aliphatic rings. The predicted molar refractivity (Wildman–Crippen MR) is 51.7 cm³/mol. The average Bonchev–Trinajstić information content (AvgIpc) is 2.07. The van der Waals surface area contributed by atoms with Crippen molar-refractivity contribution >= 4 is 17.7 Å². The summed E-state index contributed by atoms with van der Waals surface area (Å²) in [6.07, 6.45) is 2.12. The van der Waals surface area contributed by atoms with Gasteiger partial charge in [0.05, 0.1) is 24.2 Å². The molecule has 0 unspecified atom stereocenters. The van der Waals surface area contributed by atoms with Crippen LogP contribution in [0.5, 0.6) is 0 Å². The van der Waals surface area contributed by atoms with Crippen LogP contribution in [0, 0.1) is 0 Å². The van der Waals surface area contributed by atoms with Crippen molar-refractivity contribution in [1.29, 1.82) is 0 Å². The summed E-state index contributed by atoms with van der Waals surface area (Å²) < 4.78 is 4.85. The van der Waals surface area contributed by atoms with Gasteiger partial charge in [-0.2, -0.15) is 0 Å². The molecule has 1 rings (SSSR count). The Morgan fingerprint density at radius 2 is 2.07 bits per heavy atom. The van der Waals surface area contributed by atoms with Gasteiger partial charge in [0, 0.05) is 0 Å². The van der Waals surface area contributed by atoms with Gasteiger partial charge in [0.25, 0.3) is 0 Å². The predicted octanol–water partition coefficient (Wildman–Crippen LogP) is 1.02. The molecule has 6 heteroatoms. The molecule has 0 aromatic carbocycles. The molecule has 0 bridgehead atoms. The first-order valence-electron chi connectivity index (χ1n) is 4.13. The highest BCUT2D eigenvalue weighted by Crippen LogP contribution is 2.04. The van der Waals surface area contributed by atoms with Crippen molar-refractivity contribution in [3.63, 3.8) is 0 Å². The van der Waals surface area contributed by atoms with Crippen LogP contribution in [0.4, 0.5) is 16.4 Å². The van der Waals surface area contributed by atoms with Crippen molar-refractivity contribution < 1.29 is 9.53 Å². The summed E-state index contributed by atoms with van der Waals surface area (Å²) in [5.41, 5.74) is 5.72. The summed E-state index contributed by atoms with van der Waals surface area (Å²) in [7, 11) is 0. The number of ether oxygens (including phenoxy) is 1. The number of nitrogen functional groups attached to an aromatic ring is 1. The molecule has 1 amide bonds. The van der Waals surface area contributed by atoms with Crippen molar-refractivity contribution in [3.8, 4) is 0 Å². The maximum absolute atomic E-state index is 11.1. The number of aromatic nitrogens is 2. The van der Waals surface area contributed by atoms with Gasteiger partial charge in [0.1, 0.15) is 0 Å². The summed E-state index contributed by atoms with van der Waals surface area (Å²) in [5.74, 6) is 0.160. The summed E-state index contributed by atoms with van der Waals surface area (Å²) in [5, 5.41) is 2.46. The molecular formula is C8H12N4O2. The Morgan fingerprint density at radius 3 is 2.57 bits per heavy atom. The number of anilines is 2. The number of nitrogens with zero attached hydrogens (tertiary/aromatic N) is 2. The van der Waals surface area contributed by atoms with E-state index in [-0.39, 0.29) is 12.1 Å². The Morgan fingerprint density at radius 1 is 1.50 bits per heavy atom. The fraction of sp³-hybridized carbons (Fsp3) is 0.375. The molecule has 1 heterocycles. The Kier molecular flexibility index (Phi) is 3.22. The third-order valence-electron chi connectivity index (χ3n) is 1.26. The zero-order valence-corrected chi connectivity index (χ0v) is 8.02. The normalized spacial score (nSPS) is 9.93. The van der Waals surface area contributed by atoms with Crippen molar-refractivity contribution in [2.75, 3.05) is 11.1 Å². The smallest absolute Gasteiger partial charge is 0.411 e. The Bertz CT molecular complexity index is 310. The van der Waals surface area contributed by atoms with Crippen LogP contribution < -0.4 is 11.1 Å². The van der Waals surface area contributed by atoms with Crippen LogP contribution in [0.2, 0.25) is 0 Å². The minimum Gasteiger partial charge on any atom is -0.447 e. The minimum atomic E-state index is -0.534. The van der Waals surface area contributed by atoms with Gasteiger partial charge < -0.3 is 10.5 Å². The topological polar surface area (TPSA) is 90.1 Å². The van der Waals surface area contributed by atoms with E-state index in [2.05, 4.69) is 15.3 Å². The molecule has 0 radical (unpaired) electrons. The van der Waals surface area contributed by atoms with Crippen LogP contribution in [-0.4, -0.2) is 22.2 Å². The molecule has 0 spiro atoms. The largest absolute Gasteiger partial charge is 0.447 e. The van der Waals surface area contributed by atoms with Gasteiger partial charge in [-0.1, -0.05) is 0 Å². The molecule has 76 valence electrons. The van der Waals surface area contributed by atoms with Crippen LogP contribution in [-0.2, 0) is 4.74 Å². The second-order valence-electron chi connectivity index (χ2n) is 2.91. The quantitative estimate of drug-likeness (QED) is 0.736. The summed E-state index contributed by atoms with van der Waals surface area (Å²) >= 11 is 0. The van der Waals surface area contributed by atoms with Crippen LogP contribution in [0.3, 0.4) is 0 Å².